The van der Waals surface area contributed by atoms with Crippen molar-refractivity contribution >= 4 is 27.7 Å². The van der Waals surface area contributed by atoms with Gasteiger partial charge in [-0.25, -0.2) is 4.79 Å². The fourth-order valence-electron chi connectivity index (χ4n) is 1.13. The van der Waals surface area contributed by atoms with Gasteiger partial charge in [-0.1, -0.05) is 21.6 Å². The fraction of sp³-hybridized carbons (Fsp3) is 0.923. The highest BCUT2D eigenvalue weighted by Gasteiger charge is 2.15. The van der Waals surface area contributed by atoms with Crippen LogP contribution in [0.4, 0.5) is 4.79 Å². The van der Waals surface area contributed by atoms with Crippen LogP contribution in [0.2, 0.25) is 0 Å². The maximum atomic E-state index is 11.3. The van der Waals surface area contributed by atoms with Crippen molar-refractivity contribution in [2.24, 2.45) is 0 Å². The van der Waals surface area contributed by atoms with Gasteiger partial charge in [0.25, 0.3) is 0 Å². The molecule has 0 unspecified atom stereocenters. The van der Waals surface area contributed by atoms with E-state index in [4.69, 9.17) is 4.74 Å². The molecule has 0 saturated heterocycles. The second-order valence-corrected chi connectivity index (χ2v) is 8.29. The van der Waals surface area contributed by atoms with Gasteiger partial charge in [0.1, 0.15) is 5.60 Å². The van der Waals surface area contributed by atoms with Crippen LogP contribution in [0.1, 0.15) is 33.6 Å². The molecule has 1 N–H and O–H groups in total. The molecule has 0 aromatic rings. The maximum absolute atomic E-state index is 11.3. The number of ether oxygens (including phenoxy) is 1. The zero-order chi connectivity index (χ0) is 14.7. The van der Waals surface area contributed by atoms with E-state index in [2.05, 4.69) is 24.3 Å². The first-order chi connectivity index (χ1) is 8.81. The van der Waals surface area contributed by atoms with Crippen LogP contribution in [-0.4, -0.2) is 55.3 Å². The Morgan fingerprint density at radius 2 is 1.79 bits per heavy atom. The van der Waals surface area contributed by atoms with Crippen molar-refractivity contribution in [1.29, 1.82) is 0 Å². The first-order valence-electron chi connectivity index (χ1n) is 6.67. The van der Waals surface area contributed by atoms with Crippen LogP contribution < -0.4 is 5.32 Å². The van der Waals surface area contributed by atoms with Crippen LogP contribution in [0, 0.1) is 0 Å². The Hall–Kier alpha value is -0.0700. The average Bonchev–Trinajstić information content (AvgIpc) is 2.24. The molecular formula is C13H28N2O2S2. The Morgan fingerprint density at radius 1 is 1.16 bits per heavy atom. The maximum Gasteiger partial charge on any atom is 0.407 e. The van der Waals surface area contributed by atoms with Crippen molar-refractivity contribution in [2.75, 3.05) is 38.7 Å². The van der Waals surface area contributed by atoms with Crippen LogP contribution in [0.25, 0.3) is 0 Å². The van der Waals surface area contributed by atoms with Crippen LogP contribution in [0.15, 0.2) is 0 Å². The van der Waals surface area contributed by atoms with E-state index in [1.165, 1.54) is 0 Å². The van der Waals surface area contributed by atoms with E-state index < -0.39 is 5.60 Å². The van der Waals surface area contributed by atoms with E-state index in [9.17, 15) is 4.79 Å². The molecule has 0 radical (unpaired) electrons. The van der Waals surface area contributed by atoms with Crippen LogP contribution in [-0.2, 0) is 4.74 Å². The van der Waals surface area contributed by atoms with Crippen molar-refractivity contribution in [3.8, 4) is 0 Å². The minimum atomic E-state index is -0.414. The highest BCUT2D eigenvalue weighted by molar-refractivity contribution is 8.76. The lowest BCUT2D eigenvalue weighted by Gasteiger charge is -2.19. The Balaban J connectivity index is 3.25. The van der Waals surface area contributed by atoms with E-state index in [1.807, 2.05) is 42.4 Å². The lowest BCUT2D eigenvalue weighted by Crippen LogP contribution is -2.33. The third kappa shape index (κ3) is 15.9. The molecule has 0 atom stereocenters. The zero-order valence-electron chi connectivity index (χ0n) is 12.8. The number of nitrogens with zero attached hydrogens (tertiary/aromatic N) is 1. The summed E-state index contributed by atoms with van der Waals surface area (Å²) in [6.07, 6.45) is 1.80. The molecule has 0 spiro atoms. The van der Waals surface area contributed by atoms with Gasteiger partial charge in [0.2, 0.25) is 0 Å². The summed E-state index contributed by atoms with van der Waals surface area (Å²) in [5.74, 6) is 2.29. The summed E-state index contributed by atoms with van der Waals surface area (Å²) < 4.78 is 5.16. The van der Waals surface area contributed by atoms with Gasteiger partial charge in [-0.15, -0.1) is 0 Å². The van der Waals surface area contributed by atoms with Gasteiger partial charge < -0.3 is 15.0 Å². The molecule has 0 bridgehead atoms. The number of nitrogens with one attached hydrogen (secondary N) is 1. The molecule has 0 heterocycles. The van der Waals surface area contributed by atoms with Crippen molar-refractivity contribution in [1.82, 2.24) is 10.2 Å². The van der Waals surface area contributed by atoms with Crippen molar-refractivity contribution < 1.29 is 9.53 Å². The Kier molecular flexibility index (Phi) is 10.6. The smallest absolute Gasteiger partial charge is 0.407 e. The number of carbonyl (C=O) groups excluding carboxylic acids is 1. The Morgan fingerprint density at radius 3 is 2.37 bits per heavy atom. The SMILES string of the molecule is CN(C)CCSSCCCCNC(=O)OC(C)(C)C. The topological polar surface area (TPSA) is 41.6 Å². The quantitative estimate of drug-likeness (QED) is 0.523. The molecule has 0 rings (SSSR count). The summed E-state index contributed by atoms with van der Waals surface area (Å²) in [6.45, 7) is 7.42. The molecule has 19 heavy (non-hydrogen) atoms. The van der Waals surface area contributed by atoms with Crippen molar-refractivity contribution in [2.45, 2.75) is 39.2 Å². The van der Waals surface area contributed by atoms with Gasteiger partial charge in [-0.05, 0) is 47.7 Å². The number of hydrogen-bond acceptors (Lipinski definition) is 5. The van der Waals surface area contributed by atoms with Gasteiger partial charge in [0.15, 0.2) is 0 Å². The van der Waals surface area contributed by atoms with Crippen molar-refractivity contribution in [3.63, 3.8) is 0 Å². The zero-order valence-corrected chi connectivity index (χ0v) is 14.5. The molecule has 0 aliphatic carbocycles. The monoisotopic (exact) mass is 308 g/mol. The van der Waals surface area contributed by atoms with E-state index in [-0.39, 0.29) is 6.09 Å². The van der Waals surface area contributed by atoms with E-state index in [0.717, 1.165) is 30.9 Å². The lowest BCUT2D eigenvalue weighted by molar-refractivity contribution is 0.0527. The Labute approximate surface area is 125 Å². The molecule has 4 nitrogen and oxygen atoms in total. The van der Waals surface area contributed by atoms with E-state index >= 15 is 0 Å². The van der Waals surface area contributed by atoms with Crippen LogP contribution in [0.3, 0.4) is 0 Å². The number of hydrogen-bond donors (Lipinski definition) is 1. The number of rotatable bonds is 9. The second-order valence-electron chi connectivity index (χ2n) is 5.58. The largest absolute Gasteiger partial charge is 0.444 e. The average molecular weight is 309 g/mol. The molecule has 0 fully saturated rings. The number of unbranched alkanes of at least 4 members (excludes halogenated alkanes) is 1. The summed E-state index contributed by atoms with van der Waals surface area (Å²) in [5, 5.41) is 2.77. The molecule has 114 valence electrons. The van der Waals surface area contributed by atoms with Crippen LogP contribution >= 0.6 is 21.6 Å². The third-order valence-corrected chi connectivity index (χ3v) is 4.50. The third-order valence-electron chi connectivity index (χ3n) is 2.03. The molecule has 0 saturated carbocycles. The number of amides is 1. The van der Waals surface area contributed by atoms with E-state index in [1.54, 1.807) is 0 Å². The molecule has 1 amide bonds. The minimum Gasteiger partial charge on any atom is -0.444 e. The van der Waals surface area contributed by atoms with Crippen molar-refractivity contribution in [3.05, 3.63) is 0 Å². The summed E-state index contributed by atoms with van der Waals surface area (Å²) in [5.41, 5.74) is -0.414. The van der Waals surface area contributed by atoms with Gasteiger partial charge in [-0.3, -0.25) is 0 Å². The van der Waals surface area contributed by atoms with E-state index in [0.29, 0.717) is 6.54 Å². The normalized spacial score (nSPS) is 11.7. The molecular weight excluding hydrogens is 280 g/mol. The molecule has 0 aliphatic heterocycles. The standard InChI is InChI=1S/C13H28N2O2S2/c1-13(2,3)17-12(16)14-8-6-7-10-18-19-11-9-15(4)5/h6-11H2,1-5H3,(H,14,16). The minimum absolute atomic E-state index is 0.319. The Bertz CT molecular complexity index is 243. The van der Waals surface area contributed by atoms with Gasteiger partial charge >= 0.3 is 6.09 Å². The van der Waals surface area contributed by atoms with Gasteiger partial charge in [0, 0.05) is 24.6 Å². The lowest BCUT2D eigenvalue weighted by atomic mass is 10.2. The summed E-state index contributed by atoms with van der Waals surface area (Å²) in [6, 6.07) is 0. The van der Waals surface area contributed by atoms with Crippen LogP contribution in [0.5, 0.6) is 0 Å². The number of alkyl carbamates (subject to hydrolysis) is 1. The molecule has 0 aliphatic rings. The summed E-state index contributed by atoms with van der Waals surface area (Å²) in [4.78, 5) is 13.5. The number of carbonyl (C=O) groups is 1. The summed E-state index contributed by atoms with van der Waals surface area (Å²) in [7, 11) is 8.01. The first kappa shape index (κ1) is 18.9. The fourth-order valence-corrected chi connectivity index (χ4v) is 3.41. The molecule has 0 aromatic carbocycles. The highest BCUT2D eigenvalue weighted by atomic mass is 33.1. The first-order valence-corrected chi connectivity index (χ1v) is 9.16. The second kappa shape index (κ2) is 10.7. The highest BCUT2D eigenvalue weighted by Crippen LogP contribution is 2.21. The predicted octanol–water partition coefficient (Wildman–Crippen LogP) is 3.23. The molecule has 6 heteroatoms. The predicted molar refractivity (Wildman–Crippen MR) is 86.9 cm³/mol. The summed E-state index contributed by atoms with van der Waals surface area (Å²) >= 11 is 0. The molecule has 0 aromatic heterocycles. The van der Waals surface area contributed by atoms with Gasteiger partial charge in [-0.2, -0.15) is 0 Å². The van der Waals surface area contributed by atoms with Gasteiger partial charge in [0.05, 0.1) is 0 Å².